The van der Waals surface area contributed by atoms with E-state index in [9.17, 15) is 9.18 Å². The van der Waals surface area contributed by atoms with Gasteiger partial charge in [-0.05, 0) is 48.0 Å². The van der Waals surface area contributed by atoms with Crippen molar-refractivity contribution in [2.24, 2.45) is 5.10 Å². The van der Waals surface area contributed by atoms with Gasteiger partial charge in [-0.25, -0.2) is 9.37 Å². The molecule has 0 atom stereocenters. The van der Waals surface area contributed by atoms with Gasteiger partial charge in [0, 0.05) is 15.6 Å². The van der Waals surface area contributed by atoms with Crippen LogP contribution in [0, 0.1) is 5.82 Å². The molecular weight excluding hydrogens is 509 g/mol. The van der Waals surface area contributed by atoms with Crippen LogP contribution in [0.15, 0.2) is 111 Å². The highest BCUT2D eigenvalue weighted by Gasteiger charge is 2.12. The molecule has 5 aromatic rings. The van der Waals surface area contributed by atoms with Gasteiger partial charge in [0.05, 0.1) is 17.1 Å². The van der Waals surface area contributed by atoms with E-state index in [0.29, 0.717) is 33.6 Å². The van der Waals surface area contributed by atoms with Gasteiger partial charge >= 0.3 is 0 Å². The third-order valence-corrected chi connectivity index (χ3v) is 5.85. The number of benzene rings is 4. The van der Waals surface area contributed by atoms with Crippen LogP contribution in [0.3, 0.4) is 0 Å². The Labute approximate surface area is 209 Å². The molecular formula is C28H19BrFN3O2. The lowest BCUT2D eigenvalue weighted by molar-refractivity contribution is 0.305. The third kappa shape index (κ3) is 5.05. The summed E-state index contributed by atoms with van der Waals surface area (Å²) in [7, 11) is 0. The van der Waals surface area contributed by atoms with Crippen molar-refractivity contribution in [3.8, 4) is 17.1 Å². The molecule has 0 saturated heterocycles. The van der Waals surface area contributed by atoms with Crippen molar-refractivity contribution in [3.63, 3.8) is 0 Å². The fourth-order valence-corrected chi connectivity index (χ4v) is 4.04. The highest BCUT2D eigenvalue weighted by atomic mass is 79.9. The first-order valence-electron chi connectivity index (χ1n) is 10.9. The van der Waals surface area contributed by atoms with Crippen LogP contribution in [0.1, 0.15) is 11.1 Å². The van der Waals surface area contributed by atoms with E-state index in [0.717, 1.165) is 10.0 Å². The van der Waals surface area contributed by atoms with E-state index in [1.807, 2.05) is 54.6 Å². The van der Waals surface area contributed by atoms with E-state index in [-0.39, 0.29) is 18.0 Å². The first-order chi connectivity index (χ1) is 17.1. The number of nitrogens with zero attached hydrogens (tertiary/aromatic N) is 3. The highest BCUT2D eigenvalue weighted by Crippen LogP contribution is 2.24. The summed E-state index contributed by atoms with van der Waals surface area (Å²) >= 11 is 3.48. The number of aromatic nitrogens is 2. The van der Waals surface area contributed by atoms with Crippen molar-refractivity contribution >= 4 is 33.0 Å². The van der Waals surface area contributed by atoms with Gasteiger partial charge in [-0.3, -0.25) is 4.79 Å². The Kier molecular flexibility index (Phi) is 6.50. The third-order valence-electron chi connectivity index (χ3n) is 5.35. The molecule has 0 amide bonds. The van der Waals surface area contributed by atoms with Gasteiger partial charge in [0.2, 0.25) is 0 Å². The lowest BCUT2D eigenvalue weighted by Gasteiger charge is -2.11. The van der Waals surface area contributed by atoms with Gasteiger partial charge in [-0.15, -0.1) is 0 Å². The average Bonchev–Trinajstić information content (AvgIpc) is 2.88. The first-order valence-corrected chi connectivity index (χ1v) is 11.7. The van der Waals surface area contributed by atoms with Crippen LogP contribution in [0.2, 0.25) is 0 Å². The van der Waals surface area contributed by atoms with E-state index in [1.165, 1.54) is 16.8 Å². The van der Waals surface area contributed by atoms with Crippen molar-refractivity contribution in [1.82, 2.24) is 9.66 Å². The lowest BCUT2D eigenvalue weighted by atomic mass is 10.2. The maximum atomic E-state index is 13.5. The Bertz CT molecular complexity index is 1600. The standard InChI is InChI=1S/C28H19BrFN3O2/c29-22-13-14-26(35-18-19-7-6-10-23(30)15-19)21(16-22)17-31-33-27(20-8-2-1-3-9-20)32-25-12-5-4-11-24(25)28(33)34/h1-17H,18H2. The van der Waals surface area contributed by atoms with Crippen LogP contribution in [-0.4, -0.2) is 15.9 Å². The SMILES string of the molecule is O=c1c2ccccc2nc(-c2ccccc2)n1N=Cc1cc(Br)ccc1OCc1cccc(F)c1. The zero-order valence-electron chi connectivity index (χ0n) is 18.4. The molecule has 1 heterocycles. The first kappa shape index (κ1) is 22.7. The second-order valence-corrected chi connectivity index (χ2v) is 8.70. The molecule has 0 aliphatic rings. The summed E-state index contributed by atoms with van der Waals surface area (Å²) in [4.78, 5) is 18.1. The molecule has 0 bridgehead atoms. The maximum absolute atomic E-state index is 13.5. The van der Waals surface area contributed by atoms with Crippen LogP contribution >= 0.6 is 15.9 Å². The Morgan fingerprint density at radius 2 is 1.74 bits per heavy atom. The fourth-order valence-electron chi connectivity index (χ4n) is 3.66. The number of rotatable bonds is 6. The normalized spacial score (nSPS) is 11.3. The van der Waals surface area contributed by atoms with Crippen molar-refractivity contribution in [2.45, 2.75) is 6.61 Å². The second-order valence-electron chi connectivity index (χ2n) is 7.78. The average molecular weight is 528 g/mol. The maximum Gasteiger partial charge on any atom is 0.282 e. The van der Waals surface area contributed by atoms with Crippen LogP contribution in [0.4, 0.5) is 4.39 Å². The van der Waals surface area contributed by atoms with Gasteiger partial charge in [0.25, 0.3) is 5.56 Å². The molecule has 0 saturated carbocycles. The summed E-state index contributed by atoms with van der Waals surface area (Å²) in [6, 6.07) is 28.4. The number of halogens is 2. The van der Waals surface area contributed by atoms with Crippen molar-refractivity contribution in [3.05, 3.63) is 129 Å². The summed E-state index contributed by atoms with van der Waals surface area (Å²) in [6.07, 6.45) is 1.57. The summed E-state index contributed by atoms with van der Waals surface area (Å²) in [6.45, 7) is 0.187. The zero-order chi connectivity index (χ0) is 24.2. The predicted molar refractivity (Wildman–Crippen MR) is 139 cm³/mol. The van der Waals surface area contributed by atoms with Crippen LogP contribution < -0.4 is 10.3 Å². The van der Waals surface area contributed by atoms with Crippen molar-refractivity contribution in [2.75, 3.05) is 0 Å². The number of para-hydroxylation sites is 1. The molecule has 7 heteroatoms. The molecule has 0 N–H and O–H groups in total. The van der Waals surface area contributed by atoms with E-state index in [2.05, 4.69) is 21.0 Å². The van der Waals surface area contributed by atoms with Crippen LogP contribution in [-0.2, 0) is 6.61 Å². The Hall–Kier alpha value is -4.10. The topological polar surface area (TPSA) is 56.5 Å². The monoisotopic (exact) mass is 527 g/mol. The molecule has 0 aliphatic heterocycles. The fraction of sp³-hybridized carbons (Fsp3) is 0.0357. The number of hydrogen-bond donors (Lipinski definition) is 0. The molecule has 0 unspecified atom stereocenters. The van der Waals surface area contributed by atoms with Gasteiger partial charge in [0.1, 0.15) is 18.2 Å². The summed E-state index contributed by atoms with van der Waals surface area (Å²) in [5, 5.41) is 5.00. The molecule has 1 aromatic heterocycles. The minimum Gasteiger partial charge on any atom is -0.488 e. The van der Waals surface area contributed by atoms with Gasteiger partial charge in [-0.1, -0.05) is 70.5 Å². The van der Waals surface area contributed by atoms with E-state index < -0.39 is 0 Å². The molecule has 172 valence electrons. The van der Waals surface area contributed by atoms with Crippen LogP contribution in [0.25, 0.3) is 22.3 Å². The second kappa shape index (κ2) is 10.0. The van der Waals surface area contributed by atoms with Crippen molar-refractivity contribution in [1.29, 1.82) is 0 Å². The highest BCUT2D eigenvalue weighted by molar-refractivity contribution is 9.10. The summed E-state index contributed by atoms with van der Waals surface area (Å²) in [5.41, 5.74) is 2.45. The molecule has 0 fully saturated rings. The van der Waals surface area contributed by atoms with E-state index in [1.54, 1.807) is 36.5 Å². The van der Waals surface area contributed by atoms with Crippen molar-refractivity contribution < 1.29 is 9.13 Å². The Morgan fingerprint density at radius 1 is 0.943 bits per heavy atom. The Balaban J connectivity index is 1.56. The predicted octanol–water partition coefficient (Wildman–Crippen LogP) is 6.43. The van der Waals surface area contributed by atoms with Gasteiger partial charge in [-0.2, -0.15) is 9.78 Å². The van der Waals surface area contributed by atoms with E-state index >= 15 is 0 Å². The smallest absolute Gasteiger partial charge is 0.282 e. The Morgan fingerprint density at radius 3 is 2.57 bits per heavy atom. The number of ether oxygens (including phenoxy) is 1. The molecule has 0 spiro atoms. The molecule has 0 radical (unpaired) electrons. The number of hydrogen-bond acceptors (Lipinski definition) is 4. The van der Waals surface area contributed by atoms with Crippen LogP contribution in [0.5, 0.6) is 5.75 Å². The van der Waals surface area contributed by atoms with Gasteiger partial charge in [0.15, 0.2) is 5.82 Å². The zero-order valence-corrected chi connectivity index (χ0v) is 20.0. The molecule has 0 aliphatic carbocycles. The molecule has 5 nitrogen and oxygen atoms in total. The minimum absolute atomic E-state index is 0.187. The molecule has 4 aromatic carbocycles. The summed E-state index contributed by atoms with van der Waals surface area (Å²) in [5.74, 6) is 0.660. The van der Waals surface area contributed by atoms with Gasteiger partial charge < -0.3 is 4.74 Å². The number of fused-ring (bicyclic) bond motifs is 1. The van der Waals surface area contributed by atoms with E-state index in [4.69, 9.17) is 9.72 Å². The lowest BCUT2D eigenvalue weighted by Crippen LogP contribution is -2.20. The quantitative estimate of drug-likeness (QED) is 0.239. The minimum atomic E-state index is -0.319. The molecule has 35 heavy (non-hydrogen) atoms. The molecule has 5 rings (SSSR count). The summed E-state index contributed by atoms with van der Waals surface area (Å²) < 4.78 is 21.6. The largest absolute Gasteiger partial charge is 0.488 e.